The molecule has 2 atom stereocenters. The Morgan fingerprint density at radius 1 is 1.07 bits per heavy atom. The monoisotopic (exact) mass is 373 g/mol. The summed E-state index contributed by atoms with van der Waals surface area (Å²) in [6.07, 6.45) is 11.8. The quantitative estimate of drug-likeness (QED) is 0.637. The molecule has 3 heteroatoms. The van der Waals surface area contributed by atoms with Gasteiger partial charge < -0.3 is 9.47 Å². The van der Waals surface area contributed by atoms with Gasteiger partial charge in [-0.25, -0.2) is 0 Å². The zero-order valence-electron chi connectivity index (χ0n) is 16.4. The largest absolute Gasteiger partial charge is 0.457 e. The van der Waals surface area contributed by atoms with Gasteiger partial charge in [0, 0.05) is 13.1 Å². The third kappa shape index (κ3) is 3.96. The van der Waals surface area contributed by atoms with E-state index in [1.165, 1.54) is 11.1 Å². The van der Waals surface area contributed by atoms with Gasteiger partial charge in [0.2, 0.25) is 0 Å². The molecular formula is C25H27NO2. The smallest absolute Gasteiger partial charge is 0.127 e. The third-order valence-corrected chi connectivity index (χ3v) is 5.59. The molecule has 0 amide bonds. The van der Waals surface area contributed by atoms with Crippen molar-refractivity contribution in [1.82, 2.24) is 4.90 Å². The number of benzene rings is 2. The van der Waals surface area contributed by atoms with Crippen molar-refractivity contribution in [1.29, 1.82) is 0 Å². The first kappa shape index (κ1) is 18.7. The molecule has 3 nitrogen and oxygen atoms in total. The van der Waals surface area contributed by atoms with Crippen LogP contribution in [0.15, 0.2) is 85.5 Å². The van der Waals surface area contributed by atoms with Crippen LogP contribution in [0.5, 0.6) is 11.5 Å². The van der Waals surface area contributed by atoms with Crippen LogP contribution >= 0.6 is 0 Å². The van der Waals surface area contributed by atoms with E-state index in [4.69, 9.17) is 9.47 Å². The van der Waals surface area contributed by atoms with E-state index in [1.807, 2.05) is 24.3 Å². The Kier molecular flexibility index (Phi) is 5.47. The molecule has 1 aliphatic carbocycles. The van der Waals surface area contributed by atoms with E-state index >= 15 is 0 Å². The van der Waals surface area contributed by atoms with E-state index in [-0.39, 0.29) is 11.6 Å². The zero-order valence-corrected chi connectivity index (χ0v) is 16.4. The van der Waals surface area contributed by atoms with Crippen molar-refractivity contribution >= 4 is 0 Å². The lowest BCUT2D eigenvalue weighted by atomic mass is 9.88. The minimum Gasteiger partial charge on any atom is -0.457 e. The Bertz CT molecular complexity index is 866. The van der Waals surface area contributed by atoms with Gasteiger partial charge in [0.15, 0.2) is 0 Å². The summed E-state index contributed by atoms with van der Waals surface area (Å²) in [6, 6.07) is 16.3. The van der Waals surface area contributed by atoms with Crippen LogP contribution in [-0.2, 0) is 4.74 Å². The van der Waals surface area contributed by atoms with Gasteiger partial charge in [-0.05, 0) is 43.2 Å². The first-order valence-electron chi connectivity index (χ1n) is 9.88. The third-order valence-electron chi connectivity index (χ3n) is 5.59. The Hall–Kier alpha value is -2.62. The molecule has 144 valence electrons. The maximum absolute atomic E-state index is 6.09. The summed E-state index contributed by atoms with van der Waals surface area (Å²) in [7, 11) is 0. The van der Waals surface area contributed by atoms with Gasteiger partial charge in [-0.15, -0.1) is 6.58 Å². The second-order valence-electron chi connectivity index (χ2n) is 7.48. The molecule has 0 unspecified atom stereocenters. The topological polar surface area (TPSA) is 21.7 Å². The average molecular weight is 373 g/mol. The van der Waals surface area contributed by atoms with Gasteiger partial charge in [0.25, 0.3) is 0 Å². The highest BCUT2D eigenvalue weighted by atomic mass is 16.5. The van der Waals surface area contributed by atoms with Crippen molar-refractivity contribution in [2.75, 3.05) is 19.7 Å². The van der Waals surface area contributed by atoms with Crippen molar-refractivity contribution < 1.29 is 9.47 Å². The Labute approximate surface area is 167 Å². The molecule has 2 aliphatic rings. The Balaban J connectivity index is 1.45. The fraction of sp³-hybridized carbons (Fsp3) is 0.280. The number of allylic oxidation sites excluding steroid dienone is 2. The number of hydrogen-bond donors (Lipinski definition) is 0. The molecule has 1 fully saturated rings. The minimum atomic E-state index is -0.106. The van der Waals surface area contributed by atoms with E-state index in [1.54, 1.807) is 0 Å². The zero-order chi connectivity index (χ0) is 19.4. The molecule has 2 aromatic rings. The van der Waals surface area contributed by atoms with Crippen LogP contribution < -0.4 is 4.74 Å². The van der Waals surface area contributed by atoms with Crippen molar-refractivity contribution in [3.05, 3.63) is 96.6 Å². The molecule has 0 bridgehead atoms. The number of ether oxygens (including phenoxy) is 2. The van der Waals surface area contributed by atoms with Gasteiger partial charge in [0.05, 0.1) is 18.2 Å². The highest BCUT2D eigenvalue weighted by Gasteiger charge is 2.35. The molecule has 0 saturated carbocycles. The first-order chi connectivity index (χ1) is 13.7. The van der Waals surface area contributed by atoms with Gasteiger partial charge in [-0.3, -0.25) is 4.90 Å². The molecule has 1 saturated heterocycles. The second kappa shape index (κ2) is 8.17. The number of morpholine rings is 1. The summed E-state index contributed by atoms with van der Waals surface area (Å²) in [4.78, 5) is 2.48. The van der Waals surface area contributed by atoms with Gasteiger partial charge in [-0.1, -0.05) is 60.2 Å². The second-order valence-corrected chi connectivity index (χ2v) is 7.48. The summed E-state index contributed by atoms with van der Waals surface area (Å²) < 4.78 is 12.0. The predicted octanol–water partition coefficient (Wildman–Crippen LogP) is 5.60. The van der Waals surface area contributed by atoms with Gasteiger partial charge in [-0.2, -0.15) is 0 Å². The van der Waals surface area contributed by atoms with E-state index in [9.17, 15) is 0 Å². The molecule has 1 aliphatic heterocycles. The van der Waals surface area contributed by atoms with Crippen LogP contribution in [-0.4, -0.2) is 30.1 Å². The van der Waals surface area contributed by atoms with Crippen molar-refractivity contribution in [3.8, 4) is 11.5 Å². The molecule has 28 heavy (non-hydrogen) atoms. The Morgan fingerprint density at radius 2 is 1.79 bits per heavy atom. The van der Waals surface area contributed by atoms with Crippen LogP contribution in [0, 0.1) is 6.92 Å². The fourth-order valence-electron chi connectivity index (χ4n) is 3.86. The normalized spacial score (nSPS) is 24.8. The number of rotatable bonds is 5. The lowest BCUT2D eigenvalue weighted by molar-refractivity contribution is -0.0511. The van der Waals surface area contributed by atoms with Crippen molar-refractivity contribution in [3.63, 3.8) is 0 Å². The lowest BCUT2D eigenvalue weighted by Gasteiger charge is -2.44. The van der Waals surface area contributed by atoms with Gasteiger partial charge in [0.1, 0.15) is 11.5 Å². The molecule has 0 N–H and O–H groups in total. The Morgan fingerprint density at radius 3 is 2.43 bits per heavy atom. The van der Waals surface area contributed by atoms with Crippen molar-refractivity contribution in [2.45, 2.75) is 25.0 Å². The maximum atomic E-state index is 6.09. The maximum Gasteiger partial charge on any atom is 0.127 e. The molecule has 1 heterocycles. The minimum absolute atomic E-state index is 0.0540. The average Bonchev–Trinajstić information content (AvgIpc) is 2.76. The standard InChI is InChI=1S/C25H27NO2/c1-3-25(15-5-4-6-16-25)26-17-18-27-24(19-26)21-9-13-23(14-10-21)28-22-11-7-20(2)8-12-22/h3-15,24H,1,16-19H2,2H3/t24-,25+/m1/s1. The van der Waals surface area contributed by atoms with Crippen LogP contribution in [0.25, 0.3) is 0 Å². The number of hydrogen-bond acceptors (Lipinski definition) is 3. The SMILES string of the molecule is C=C[C@]1(N2CCO[C@@H](c3ccc(Oc4ccc(C)cc4)cc3)C2)C=CC=CC1. The molecule has 0 spiro atoms. The van der Waals surface area contributed by atoms with Gasteiger partial charge >= 0.3 is 0 Å². The summed E-state index contributed by atoms with van der Waals surface area (Å²) in [5.74, 6) is 1.69. The van der Waals surface area contributed by atoms with Crippen molar-refractivity contribution in [2.24, 2.45) is 0 Å². The highest BCUT2D eigenvalue weighted by Crippen LogP contribution is 2.33. The van der Waals surface area contributed by atoms with E-state index < -0.39 is 0 Å². The summed E-state index contributed by atoms with van der Waals surface area (Å²) >= 11 is 0. The fourth-order valence-corrected chi connectivity index (χ4v) is 3.86. The molecule has 2 aromatic carbocycles. The van der Waals surface area contributed by atoms with E-state index in [2.05, 4.69) is 73.0 Å². The molecular weight excluding hydrogens is 346 g/mol. The summed E-state index contributed by atoms with van der Waals surface area (Å²) in [5, 5.41) is 0. The highest BCUT2D eigenvalue weighted by molar-refractivity contribution is 5.35. The molecule has 0 radical (unpaired) electrons. The molecule has 4 rings (SSSR count). The first-order valence-corrected chi connectivity index (χ1v) is 9.88. The van der Waals surface area contributed by atoms with Crippen LogP contribution in [0.3, 0.4) is 0 Å². The van der Waals surface area contributed by atoms with Crippen LogP contribution in [0.4, 0.5) is 0 Å². The molecule has 0 aromatic heterocycles. The summed E-state index contributed by atoms with van der Waals surface area (Å²) in [6.45, 7) is 8.66. The number of nitrogens with zero attached hydrogens (tertiary/aromatic N) is 1. The van der Waals surface area contributed by atoms with Crippen LogP contribution in [0.1, 0.15) is 23.7 Å². The predicted molar refractivity (Wildman–Crippen MR) is 114 cm³/mol. The lowest BCUT2D eigenvalue weighted by Crippen LogP contribution is -2.52. The van der Waals surface area contributed by atoms with E-state index in [0.717, 1.165) is 37.6 Å². The van der Waals surface area contributed by atoms with E-state index in [0.29, 0.717) is 0 Å². The van der Waals surface area contributed by atoms with Crippen LogP contribution in [0.2, 0.25) is 0 Å². The number of aryl methyl sites for hydroxylation is 1. The summed E-state index contributed by atoms with van der Waals surface area (Å²) in [5.41, 5.74) is 2.29.